The zero-order valence-corrected chi connectivity index (χ0v) is 24.4. The molecule has 0 bridgehead atoms. The minimum Gasteiger partial charge on any atom is -0.457 e. The van der Waals surface area contributed by atoms with Crippen molar-refractivity contribution in [2.45, 2.75) is 19.3 Å². The summed E-state index contributed by atoms with van der Waals surface area (Å²) in [6.45, 7) is 4.51. The topological polar surface area (TPSA) is 58.8 Å². The number of aromatic nitrogens is 2. The highest BCUT2D eigenvalue weighted by Crippen LogP contribution is 2.48. The number of para-hydroxylation sites is 1. The van der Waals surface area contributed by atoms with Crippen LogP contribution in [0.3, 0.4) is 0 Å². The summed E-state index contributed by atoms with van der Waals surface area (Å²) >= 11 is 0. The summed E-state index contributed by atoms with van der Waals surface area (Å²) in [5.41, 5.74) is 10.4. The molecule has 0 atom stereocenters. The van der Waals surface area contributed by atoms with Crippen LogP contribution in [0, 0.1) is 11.3 Å². The number of hydrogen-bond donors (Lipinski definition) is 0. The van der Waals surface area contributed by atoms with Gasteiger partial charge in [0.2, 0.25) is 0 Å². The first-order valence-electron chi connectivity index (χ1n) is 14.7. The van der Waals surface area contributed by atoms with Gasteiger partial charge in [0.05, 0.1) is 34.1 Å². The second-order valence-electron chi connectivity index (χ2n) is 11.8. The molecule has 0 unspecified atom stereocenters. The predicted octanol–water partition coefficient (Wildman–Crippen LogP) is 10.1. The minimum atomic E-state index is -0.144. The molecule has 208 valence electrons. The summed E-state index contributed by atoms with van der Waals surface area (Å²) in [6.07, 6.45) is 0. The van der Waals surface area contributed by atoms with Crippen molar-refractivity contribution < 1.29 is 4.74 Å². The number of nitrogens with zero attached hydrogens (tertiary/aromatic N) is 3. The molecule has 0 amide bonds. The third-order valence-corrected chi connectivity index (χ3v) is 8.73. The van der Waals surface area contributed by atoms with Crippen molar-refractivity contribution >= 4 is 21.8 Å². The van der Waals surface area contributed by atoms with E-state index in [4.69, 9.17) is 14.7 Å². The molecule has 0 saturated carbocycles. The van der Waals surface area contributed by atoms with Gasteiger partial charge in [0, 0.05) is 38.4 Å². The number of nitriles is 1. The average Bonchev–Trinajstić information content (AvgIpc) is 3.07. The van der Waals surface area contributed by atoms with Crippen molar-refractivity contribution in [2.75, 3.05) is 0 Å². The van der Waals surface area contributed by atoms with E-state index in [-0.39, 0.29) is 5.41 Å². The number of pyridine rings is 2. The summed E-state index contributed by atoms with van der Waals surface area (Å²) < 4.78 is 6.40. The van der Waals surface area contributed by atoms with E-state index in [9.17, 15) is 5.26 Å². The van der Waals surface area contributed by atoms with Crippen LogP contribution < -0.4 is 4.74 Å². The molecule has 5 aromatic carbocycles. The molecule has 4 heteroatoms. The zero-order chi connectivity index (χ0) is 29.8. The second kappa shape index (κ2) is 9.90. The van der Waals surface area contributed by atoms with Gasteiger partial charge in [0.25, 0.3) is 0 Å². The summed E-state index contributed by atoms with van der Waals surface area (Å²) in [5, 5.41) is 11.4. The maximum Gasteiger partial charge on any atom is 0.132 e. The van der Waals surface area contributed by atoms with Crippen molar-refractivity contribution in [1.82, 2.24) is 9.97 Å². The van der Waals surface area contributed by atoms with E-state index in [0.717, 1.165) is 66.9 Å². The van der Waals surface area contributed by atoms with Crippen LogP contribution in [-0.4, -0.2) is 9.97 Å². The van der Waals surface area contributed by atoms with Gasteiger partial charge in [-0.1, -0.05) is 98.8 Å². The molecule has 0 spiro atoms. The molecule has 0 aliphatic carbocycles. The lowest BCUT2D eigenvalue weighted by Crippen LogP contribution is -2.24. The smallest absolute Gasteiger partial charge is 0.132 e. The monoisotopic (exact) mass is 565 g/mol. The van der Waals surface area contributed by atoms with E-state index in [0.29, 0.717) is 5.56 Å². The zero-order valence-electron chi connectivity index (χ0n) is 24.4. The number of ether oxygens (including phenoxy) is 1. The average molecular weight is 566 g/mol. The fourth-order valence-electron chi connectivity index (χ4n) is 6.33. The first-order valence-corrected chi connectivity index (χ1v) is 14.7. The van der Waals surface area contributed by atoms with Gasteiger partial charge >= 0.3 is 0 Å². The van der Waals surface area contributed by atoms with Crippen LogP contribution in [0.5, 0.6) is 11.5 Å². The molecule has 1 aliphatic heterocycles. The summed E-state index contributed by atoms with van der Waals surface area (Å²) in [5.74, 6) is 1.81. The lowest BCUT2D eigenvalue weighted by Gasteiger charge is -2.34. The molecule has 0 N–H and O–H groups in total. The Labute approximate surface area is 255 Å². The van der Waals surface area contributed by atoms with Crippen molar-refractivity contribution in [2.24, 2.45) is 0 Å². The first kappa shape index (κ1) is 25.9. The molecule has 2 aromatic heterocycles. The van der Waals surface area contributed by atoms with Crippen LogP contribution in [0.1, 0.15) is 30.5 Å². The molecule has 44 heavy (non-hydrogen) atoms. The van der Waals surface area contributed by atoms with Crippen LogP contribution in [0.4, 0.5) is 0 Å². The SMILES string of the molecule is CC1(C)c2ccccc2Oc2cc(-c3cccc(-c4ccc5ccc6ccc(-c7cccc(C#N)c7)nc6c5n4)c3)ccc21. The van der Waals surface area contributed by atoms with Crippen LogP contribution >= 0.6 is 0 Å². The maximum atomic E-state index is 9.37. The summed E-state index contributed by atoms with van der Waals surface area (Å²) in [7, 11) is 0. The normalized spacial score (nSPS) is 13.1. The maximum absolute atomic E-state index is 9.37. The first-order chi connectivity index (χ1) is 21.5. The Balaban J connectivity index is 1.20. The molecule has 4 nitrogen and oxygen atoms in total. The Hall–Kier alpha value is -5.79. The Morgan fingerprint density at radius 1 is 0.545 bits per heavy atom. The van der Waals surface area contributed by atoms with Gasteiger partial charge < -0.3 is 4.74 Å². The fourth-order valence-corrected chi connectivity index (χ4v) is 6.33. The number of rotatable bonds is 3. The molecular weight excluding hydrogens is 538 g/mol. The van der Waals surface area contributed by atoms with E-state index in [2.05, 4.69) is 105 Å². The standard InChI is InChI=1S/C40H27N3O/c1-40(2)32-11-3-4-12-36(32)44-37-23-29(15-18-33(37)40)28-8-6-10-31(22-28)35-20-17-27-14-13-26-16-19-34(42-38(26)39(27)43-35)30-9-5-7-25(21-30)24-41/h3-23H,1-2H3. The van der Waals surface area contributed by atoms with Crippen molar-refractivity contribution in [3.05, 3.63) is 144 Å². The van der Waals surface area contributed by atoms with Gasteiger partial charge in [-0.2, -0.15) is 5.26 Å². The Morgan fingerprint density at radius 3 is 1.86 bits per heavy atom. The lowest BCUT2D eigenvalue weighted by molar-refractivity contribution is 0.418. The Bertz CT molecular complexity index is 2310. The molecule has 0 saturated heterocycles. The number of fused-ring (bicyclic) bond motifs is 5. The van der Waals surface area contributed by atoms with E-state index in [1.165, 1.54) is 11.1 Å². The summed E-state index contributed by atoms with van der Waals surface area (Å²) in [6, 6.07) is 45.5. The minimum absolute atomic E-state index is 0.144. The number of hydrogen-bond acceptors (Lipinski definition) is 4. The Kier molecular flexibility index (Phi) is 5.82. The van der Waals surface area contributed by atoms with Gasteiger partial charge in [0.1, 0.15) is 11.5 Å². The van der Waals surface area contributed by atoms with Crippen LogP contribution in [0.2, 0.25) is 0 Å². The van der Waals surface area contributed by atoms with Gasteiger partial charge in [-0.05, 0) is 53.6 Å². The van der Waals surface area contributed by atoms with E-state index in [1.54, 1.807) is 6.07 Å². The Morgan fingerprint density at radius 2 is 1.14 bits per heavy atom. The molecule has 3 heterocycles. The van der Waals surface area contributed by atoms with Crippen LogP contribution in [-0.2, 0) is 5.41 Å². The van der Waals surface area contributed by atoms with Gasteiger partial charge in [0.15, 0.2) is 0 Å². The molecular formula is C40H27N3O. The predicted molar refractivity (Wildman–Crippen MR) is 177 cm³/mol. The van der Waals surface area contributed by atoms with Crippen molar-refractivity contribution in [3.63, 3.8) is 0 Å². The van der Waals surface area contributed by atoms with E-state index in [1.807, 2.05) is 36.4 Å². The highest BCUT2D eigenvalue weighted by Gasteiger charge is 2.34. The highest BCUT2D eigenvalue weighted by atomic mass is 16.5. The third kappa shape index (κ3) is 4.21. The summed E-state index contributed by atoms with van der Waals surface area (Å²) in [4.78, 5) is 10.2. The van der Waals surface area contributed by atoms with Gasteiger partial charge in [-0.15, -0.1) is 0 Å². The quantitative estimate of drug-likeness (QED) is 0.200. The highest BCUT2D eigenvalue weighted by molar-refractivity contribution is 6.04. The molecule has 1 aliphatic rings. The van der Waals surface area contributed by atoms with E-state index >= 15 is 0 Å². The fraction of sp³-hybridized carbons (Fsp3) is 0.0750. The number of benzene rings is 5. The lowest BCUT2D eigenvalue weighted by atomic mass is 9.75. The molecule has 0 radical (unpaired) electrons. The molecule has 7 aromatic rings. The largest absolute Gasteiger partial charge is 0.457 e. The van der Waals surface area contributed by atoms with Crippen molar-refractivity contribution in [3.8, 4) is 51.2 Å². The van der Waals surface area contributed by atoms with E-state index < -0.39 is 0 Å². The molecule has 0 fully saturated rings. The van der Waals surface area contributed by atoms with Gasteiger partial charge in [-0.25, -0.2) is 9.97 Å². The third-order valence-electron chi connectivity index (χ3n) is 8.73. The van der Waals surface area contributed by atoms with Crippen LogP contribution in [0.25, 0.3) is 55.4 Å². The van der Waals surface area contributed by atoms with Crippen LogP contribution in [0.15, 0.2) is 127 Å². The van der Waals surface area contributed by atoms with Gasteiger partial charge in [-0.3, -0.25) is 0 Å². The molecule has 8 rings (SSSR count). The van der Waals surface area contributed by atoms with Crippen molar-refractivity contribution in [1.29, 1.82) is 5.26 Å². The second-order valence-corrected chi connectivity index (χ2v) is 11.8.